The summed E-state index contributed by atoms with van der Waals surface area (Å²) in [5.74, 6) is -0.295. The van der Waals surface area contributed by atoms with Crippen LogP contribution in [0.5, 0.6) is 0 Å². The number of amides is 2. The van der Waals surface area contributed by atoms with Crippen LogP contribution in [-0.2, 0) is 16.1 Å². The predicted molar refractivity (Wildman–Crippen MR) is 119 cm³/mol. The highest BCUT2D eigenvalue weighted by atomic mass is 16.2. The van der Waals surface area contributed by atoms with E-state index in [0.717, 1.165) is 11.3 Å². The molecule has 0 saturated heterocycles. The maximum Gasteiger partial charge on any atom is 0.294 e. The van der Waals surface area contributed by atoms with E-state index in [2.05, 4.69) is 24.1 Å². The van der Waals surface area contributed by atoms with Crippen LogP contribution in [0.3, 0.4) is 0 Å². The number of hydrogen-bond donors (Lipinski definition) is 1. The fourth-order valence-electron chi connectivity index (χ4n) is 3.36. The van der Waals surface area contributed by atoms with E-state index in [4.69, 9.17) is 0 Å². The molecule has 0 aliphatic carbocycles. The molecule has 7 heteroatoms. The van der Waals surface area contributed by atoms with Gasteiger partial charge >= 0.3 is 0 Å². The molecule has 1 aromatic heterocycles. The number of hydrogen-bond acceptors (Lipinski definition) is 4. The van der Waals surface area contributed by atoms with Crippen molar-refractivity contribution in [1.29, 1.82) is 0 Å². The number of fused-ring (bicyclic) bond motifs is 1. The lowest BCUT2D eigenvalue weighted by molar-refractivity contribution is -0.118. The summed E-state index contributed by atoms with van der Waals surface area (Å²) in [5.41, 5.74) is 2.34. The van der Waals surface area contributed by atoms with Gasteiger partial charge in [-0.1, -0.05) is 51.1 Å². The number of aromatic nitrogens is 2. The van der Waals surface area contributed by atoms with Crippen molar-refractivity contribution in [2.75, 3.05) is 17.3 Å². The first-order valence-electron chi connectivity index (χ1n) is 9.98. The van der Waals surface area contributed by atoms with E-state index in [0.29, 0.717) is 11.0 Å². The smallest absolute Gasteiger partial charge is 0.294 e. The summed E-state index contributed by atoms with van der Waals surface area (Å²) < 4.78 is 1.37. The van der Waals surface area contributed by atoms with Gasteiger partial charge in [0.25, 0.3) is 5.56 Å². The second-order valence-corrected chi connectivity index (χ2v) is 7.41. The number of carbonyl (C=O) groups is 2. The van der Waals surface area contributed by atoms with Gasteiger partial charge in [-0.2, -0.15) is 0 Å². The molecule has 0 unspecified atom stereocenters. The van der Waals surface area contributed by atoms with Crippen molar-refractivity contribution >= 4 is 34.4 Å². The number of nitrogens with zero attached hydrogens (tertiary/aromatic N) is 3. The Hall–Kier alpha value is -3.48. The zero-order valence-electron chi connectivity index (χ0n) is 17.7. The lowest BCUT2D eigenvalue weighted by Gasteiger charge is -2.18. The molecule has 7 nitrogen and oxygen atoms in total. The Kier molecular flexibility index (Phi) is 6.30. The first-order chi connectivity index (χ1) is 14.3. The summed E-state index contributed by atoms with van der Waals surface area (Å²) in [6.45, 7) is 5.64. The van der Waals surface area contributed by atoms with Gasteiger partial charge in [-0.15, -0.1) is 0 Å². The maximum atomic E-state index is 13.1. The van der Waals surface area contributed by atoms with Gasteiger partial charge in [0.2, 0.25) is 17.6 Å². The minimum absolute atomic E-state index is 0.0101. The number of para-hydroxylation sites is 3. The van der Waals surface area contributed by atoms with Crippen molar-refractivity contribution in [2.24, 2.45) is 0 Å². The van der Waals surface area contributed by atoms with Gasteiger partial charge in [-0.05, 0) is 29.7 Å². The Labute approximate surface area is 175 Å². The third-order valence-corrected chi connectivity index (χ3v) is 4.99. The van der Waals surface area contributed by atoms with E-state index < -0.39 is 5.56 Å². The maximum absolute atomic E-state index is 13.1. The van der Waals surface area contributed by atoms with E-state index in [1.165, 1.54) is 16.5 Å². The zero-order chi connectivity index (χ0) is 21.8. The molecule has 0 atom stereocenters. The average Bonchev–Trinajstić information content (AvgIpc) is 2.74. The van der Waals surface area contributed by atoms with Crippen LogP contribution in [0.2, 0.25) is 0 Å². The third kappa shape index (κ3) is 4.25. The highest BCUT2D eigenvalue weighted by molar-refractivity contribution is 5.94. The Bertz CT molecular complexity index is 1150. The fourth-order valence-corrected chi connectivity index (χ4v) is 3.36. The number of benzene rings is 2. The summed E-state index contributed by atoms with van der Waals surface area (Å²) >= 11 is 0. The average molecular weight is 406 g/mol. The van der Waals surface area contributed by atoms with Crippen LogP contribution in [0.25, 0.3) is 11.0 Å². The van der Waals surface area contributed by atoms with E-state index in [1.54, 1.807) is 31.2 Å². The Balaban J connectivity index is 2.01. The molecule has 0 saturated carbocycles. The molecule has 2 amide bonds. The van der Waals surface area contributed by atoms with Crippen LogP contribution in [-0.4, -0.2) is 28.4 Å². The van der Waals surface area contributed by atoms with Gasteiger partial charge in [-0.25, -0.2) is 4.98 Å². The second-order valence-electron chi connectivity index (χ2n) is 7.41. The highest BCUT2D eigenvalue weighted by Crippen LogP contribution is 2.23. The van der Waals surface area contributed by atoms with Crippen LogP contribution < -0.4 is 15.8 Å². The van der Waals surface area contributed by atoms with Gasteiger partial charge in [0.05, 0.1) is 11.0 Å². The molecule has 3 rings (SSSR count). The topological polar surface area (TPSA) is 84.3 Å². The summed E-state index contributed by atoms with van der Waals surface area (Å²) in [4.78, 5) is 43.7. The summed E-state index contributed by atoms with van der Waals surface area (Å²) in [6.07, 6.45) is 0.247. The molecule has 0 radical (unpaired) electrons. The fraction of sp³-hybridized carbons (Fsp3) is 0.304. The van der Waals surface area contributed by atoms with Gasteiger partial charge in [0.1, 0.15) is 6.54 Å². The van der Waals surface area contributed by atoms with E-state index in [1.807, 2.05) is 24.3 Å². The first kappa shape index (κ1) is 21.2. The Morgan fingerprint density at radius 2 is 1.77 bits per heavy atom. The van der Waals surface area contributed by atoms with Crippen molar-refractivity contribution in [2.45, 2.75) is 39.7 Å². The van der Waals surface area contributed by atoms with Gasteiger partial charge in [0.15, 0.2) is 0 Å². The van der Waals surface area contributed by atoms with Crippen LogP contribution in [0.4, 0.5) is 11.5 Å². The molecule has 0 fully saturated rings. The molecule has 0 bridgehead atoms. The molecule has 30 heavy (non-hydrogen) atoms. The van der Waals surface area contributed by atoms with Gasteiger partial charge in [0, 0.05) is 19.2 Å². The minimum Gasteiger partial charge on any atom is -0.324 e. The SMILES string of the molecule is CCC(=O)N(C)c1nc2ccccc2n(CC(=O)Nc2ccccc2C(C)C)c1=O. The lowest BCUT2D eigenvalue weighted by Crippen LogP contribution is -2.36. The molecule has 1 N–H and O–H groups in total. The molecular formula is C23H26N4O3. The summed E-state index contributed by atoms with van der Waals surface area (Å²) in [6, 6.07) is 14.7. The van der Waals surface area contributed by atoms with Crippen molar-refractivity contribution in [3.63, 3.8) is 0 Å². The lowest BCUT2D eigenvalue weighted by atomic mass is 10.0. The van der Waals surface area contributed by atoms with E-state index in [9.17, 15) is 14.4 Å². The molecule has 0 spiro atoms. The van der Waals surface area contributed by atoms with Crippen molar-refractivity contribution in [1.82, 2.24) is 9.55 Å². The minimum atomic E-state index is -0.481. The standard InChI is InChI=1S/C23H26N4O3/c1-5-21(29)26(4)22-23(30)27(19-13-9-8-12-18(19)25-22)14-20(28)24-17-11-7-6-10-16(17)15(2)3/h6-13,15H,5,14H2,1-4H3,(H,24,28). The van der Waals surface area contributed by atoms with Crippen molar-refractivity contribution < 1.29 is 9.59 Å². The summed E-state index contributed by atoms with van der Waals surface area (Å²) in [5, 5.41) is 2.92. The Morgan fingerprint density at radius 1 is 1.10 bits per heavy atom. The second kappa shape index (κ2) is 8.90. The molecule has 0 aliphatic rings. The molecule has 3 aromatic rings. The third-order valence-electron chi connectivity index (χ3n) is 4.99. The van der Waals surface area contributed by atoms with Crippen LogP contribution in [0.15, 0.2) is 53.3 Å². The monoisotopic (exact) mass is 406 g/mol. The molecule has 0 aliphatic heterocycles. The van der Waals surface area contributed by atoms with Crippen molar-refractivity contribution in [3.05, 3.63) is 64.4 Å². The quantitative estimate of drug-likeness (QED) is 0.679. The molecule has 2 aromatic carbocycles. The predicted octanol–water partition coefficient (Wildman–Crippen LogP) is 3.53. The highest BCUT2D eigenvalue weighted by Gasteiger charge is 2.20. The molecular weight excluding hydrogens is 380 g/mol. The molecule has 1 heterocycles. The Morgan fingerprint density at radius 3 is 2.47 bits per heavy atom. The van der Waals surface area contributed by atoms with Crippen LogP contribution >= 0.6 is 0 Å². The number of carbonyl (C=O) groups excluding carboxylic acids is 2. The number of nitrogens with one attached hydrogen (secondary N) is 1. The normalized spacial score (nSPS) is 11.0. The molecule has 156 valence electrons. The first-order valence-corrected chi connectivity index (χ1v) is 9.98. The zero-order valence-corrected chi connectivity index (χ0v) is 17.7. The van der Waals surface area contributed by atoms with E-state index in [-0.39, 0.29) is 36.5 Å². The van der Waals surface area contributed by atoms with Gasteiger partial charge in [-0.3, -0.25) is 23.9 Å². The largest absolute Gasteiger partial charge is 0.324 e. The van der Waals surface area contributed by atoms with E-state index >= 15 is 0 Å². The number of anilines is 2. The summed E-state index contributed by atoms with van der Waals surface area (Å²) in [7, 11) is 1.52. The van der Waals surface area contributed by atoms with Crippen LogP contribution in [0, 0.1) is 0 Å². The number of rotatable bonds is 6. The van der Waals surface area contributed by atoms with Gasteiger partial charge < -0.3 is 5.32 Å². The van der Waals surface area contributed by atoms with Crippen molar-refractivity contribution in [3.8, 4) is 0 Å². The van der Waals surface area contributed by atoms with Crippen LogP contribution in [0.1, 0.15) is 38.7 Å².